The van der Waals surface area contributed by atoms with E-state index < -0.39 is 0 Å². The van der Waals surface area contributed by atoms with E-state index in [1.54, 1.807) is 0 Å². The highest BCUT2D eigenvalue weighted by molar-refractivity contribution is 4.97. The summed E-state index contributed by atoms with van der Waals surface area (Å²) in [6, 6.07) is 0. The zero-order valence-electron chi connectivity index (χ0n) is 14.0. The van der Waals surface area contributed by atoms with Gasteiger partial charge in [-0.2, -0.15) is 0 Å². The van der Waals surface area contributed by atoms with E-state index in [-0.39, 0.29) is 22.7 Å². The standard InChI is InChI=1S/C16H34N2O/c1-14(2,3)17-11-13(19)12-18-15(4,5)9-8-10-16(18,6)7/h13,17,19H,8-12H2,1-7H3. The molecule has 0 aromatic heterocycles. The van der Waals surface area contributed by atoms with Gasteiger partial charge in [-0.3, -0.25) is 4.90 Å². The summed E-state index contributed by atoms with van der Waals surface area (Å²) >= 11 is 0. The molecular weight excluding hydrogens is 236 g/mol. The lowest BCUT2D eigenvalue weighted by Gasteiger charge is -2.53. The lowest BCUT2D eigenvalue weighted by Crippen LogP contribution is -2.61. The molecule has 0 spiro atoms. The fourth-order valence-corrected chi connectivity index (χ4v) is 3.24. The van der Waals surface area contributed by atoms with Crippen LogP contribution < -0.4 is 5.32 Å². The third kappa shape index (κ3) is 5.05. The third-order valence-corrected chi connectivity index (χ3v) is 4.30. The Morgan fingerprint density at radius 1 is 1.11 bits per heavy atom. The number of aliphatic hydroxyl groups is 1. The fourth-order valence-electron chi connectivity index (χ4n) is 3.24. The molecule has 3 nitrogen and oxygen atoms in total. The van der Waals surface area contributed by atoms with Crippen molar-refractivity contribution in [2.45, 2.75) is 90.4 Å². The maximum absolute atomic E-state index is 10.3. The van der Waals surface area contributed by atoms with Crippen LogP contribution in [-0.4, -0.2) is 45.8 Å². The molecule has 19 heavy (non-hydrogen) atoms. The van der Waals surface area contributed by atoms with Gasteiger partial charge in [0.1, 0.15) is 0 Å². The summed E-state index contributed by atoms with van der Waals surface area (Å²) in [5, 5.41) is 13.7. The molecule has 1 unspecified atom stereocenters. The molecule has 1 atom stereocenters. The zero-order chi connectivity index (χ0) is 14.9. The van der Waals surface area contributed by atoms with Gasteiger partial charge in [0.15, 0.2) is 0 Å². The van der Waals surface area contributed by atoms with Gasteiger partial charge in [-0.15, -0.1) is 0 Å². The number of β-amino-alcohol motifs (C(OH)–C–C–N with tert-alkyl or cyclic N) is 1. The second-order valence-corrected chi connectivity index (χ2v) is 8.37. The zero-order valence-corrected chi connectivity index (χ0v) is 14.0. The van der Waals surface area contributed by atoms with Gasteiger partial charge in [-0.1, -0.05) is 0 Å². The molecular formula is C16H34N2O. The predicted octanol–water partition coefficient (Wildman–Crippen LogP) is 2.78. The van der Waals surface area contributed by atoms with Crippen LogP contribution in [0, 0.1) is 0 Å². The Bertz CT molecular complexity index is 276. The topological polar surface area (TPSA) is 35.5 Å². The van der Waals surface area contributed by atoms with Crippen molar-refractivity contribution in [2.24, 2.45) is 0 Å². The predicted molar refractivity (Wildman–Crippen MR) is 82.5 cm³/mol. The second kappa shape index (κ2) is 5.71. The van der Waals surface area contributed by atoms with Crippen molar-refractivity contribution in [3.63, 3.8) is 0 Å². The van der Waals surface area contributed by atoms with Gasteiger partial charge in [-0.25, -0.2) is 0 Å². The normalized spacial score (nSPS) is 25.3. The van der Waals surface area contributed by atoms with E-state index in [0.29, 0.717) is 6.54 Å². The van der Waals surface area contributed by atoms with E-state index in [4.69, 9.17) is 0 Å². The molecule has 1 fully saturated rings. The molecule has 2 N–H and O–H groups in total. The van der Waals surface area contributed by atoms with Crippen LogP contribution in [0.5, 0.6) is 0 Å². The first-order chi connectivity index (χ1) is 8.44. The largest absolute Gasteiger partial charge is 0.390 e. The van der Waals surface area contributed by atoms with Gasteiger partial charge >= 0.3 is 0 Å². The third-order valence-electron chi connectivity index (χ3n) is 4.30. The van der Waals surface area contributed by atoms with Crippen LogP contribution in [0.25, 0.3) is 0 Å². The summed E-state index contributed by atoms with van der Waals surface area (Å²) in [4.78, 5) is 2.50. The van der Waals surface area contributed by atoms with Crippen LogP contribution >= 0.6 is 0 Å². The van der Waals surface area contributed by atoms with Crippen molar-refractivity contribution < 1.29 is 5.11 Å². The Kier molecular flexibility index (Phi) is 5.09. The van der Waals surface area contributed by atoms with Crippen molar-refractivity contribution in [1.29, 1.82) is 0 Å². The first-order valence-corrected chi connectivity index (χ1v) is 7.65. The minimum Gasteiger partial charge on any atom is -0.390 e. The van der Waals surface area contributed by atoms with Crippen LogP contribution in [0.15, 0.2) is 0 Å². The maximum Gasteiger partial charge on any atom is 0.0791 e. The smallest absolute Gasteiger partial charge is 0.0791 e. The number of hydrogen-bond acceptors (Lipinski definition) is 3. The van der Waals surface area contributed by atoms with E-state index in [0.717, 1.165) is 6.54 Å². The molecule has 0 saturated carbocycles. The monoisotopic (exact) mass is 270 g/mol. The summed E-state index contributed by atoms with van der Waals surface area (Å²) in [5.74, 6) is 0. The van der Waals surface area contributed by atoms with E-state index in [1.807, 2.05) is 0 Å². The molecule has 1 aliphatic rings. The Morgan fingerprint density at radius 2 is 1.58 bits per heavy atom. The molecule has 3 heteroatoms. The average Bonchev–Trinajstić information content (AvgIpc) is 2.19. The van der Waals surface area contributed by atoms with E-state index in [9.17, 15) is 5.11 Å². The molecule has 0 radical (unpaired) electrons. The first kappa shape index (κ1) is 16.9. The molecule has 114 valence electrons. The van der Waals surface area contributed by atoms with E-state index in [1.165, 1.54) is 19.3 Å². The molecule has 1 saturated heterocycles. The minimum absolute atomic E-state index is 0.0634. The van der Waals surface area contributed by atoms with Gasteiger partial charge in [0.2, 0.25) is 0 Å². The number of likely N-dealkylation sites (tertiary alicyclic amines) is 1. The lowest BCUT2D eigenvalue weighted by molar-refractivity contribution is -0.0541. The number of nitrogens with one attached hydrogen (secondary N) is 1. The summed E-state index contributed by atoms with van der Waals surface area (Å²) < 4.78 is 0. The molecule has 1 heterocycles. The van der Waals surface area contributed by atoms with Gasteiger partial charge in [-0.05, 0) is 67.7 Å². The van der Waals surface area contributed by atoms with E-state index in [2.05, 4.69) is 58.7 Å². The number of piperidine rings is 1. The van der Waals surface area contributed by atoms with Crippen molar-refractivity contribution in [2.75, 3.05) is 13.1 Å². The van der Waals surface area contributed by atoms with Crippen molar-refractivity contribution in [3.05, 3.63) is 0 Å². The Morgan fingerprint density at radius 3 is 2.00 bits per heavy atom. The summed E-state index contributed by atoms with van der Waals surface area (Å²) in [5.41, 5.74) is 0.433. The van der Waals surface area contributed by atoms with Crippen LogP contribution in [0.4, 0.5) is 0 Å². The van der Waals surface area contributed by atoms with Crippen LogP contribution in [0.3, 0.4) is 0 Å². The number of hydrogen-bond donors (Lipinski definition) is 2. The molecule has 0 aromatic rings. The Labute approximate surface area is 119 Å². The molecule has 0 bridgehead atoms. The Balaban J connectivity index is 2.61. The highest BCUT2D eigenvalue weighted by Crippen LogP contribution is 2.38. The van der Waals surface area contributed by atoms with E-state index >= 15 is 0 Å². The summed E-state index contributed by atoms with van der Waals surface area (Å²) in [6.45, 7) is 17.0. The lowest BCUT2D eigenvalue weighted by atomic mass is 9.79. The number of aliphatic hydroxyl groups excluding tert-OH is 1. The molecule has 1 aliphatic heterocycles. The molecule has 0 amide bonds. The SMILES string of the molecule is CC(C)(C)NCC(O)CN1C(C)(C)CCCC1(C)C. The van der Waals surface area contributed by atoms with Gasteiger partial charge in [0.25, 0.3) is 0 Å². The number of nitrogens with zero attached hydrogens (tertiary/aromatic N) is 1. The van der Waals surface area contributed by atoms with Crippen LogP contribution in [0.1, 0.15) is 67.7 Å². The van der Waals surface area contributed by atoms with Gasteiger partial charge in [0, 0.05) is 29.7 Å². The van der Waals surface area contributed by atoms with Crippen molar-refractivity contribution in [1.82, 2.24) is 10.2 Å². The summed E-state index contributed by atoms with van der Waals surface area (Å²) in [6.07, 6.45) is 3.41. The van der Waals surface area contributed by atoms with Crippen LogP contribution in [-0.2, 0) is 0 Å². The second-order valence-electron chi connectivity index (χ2n) is 8.37. The van der Waals surface area contributed by atoms with Crippen molar-refractivity contribution >= 4 is 0 Å². The summed E-state index contributed by atoms with van der Waals surface area (Å²) in [7, 11) is 0. The fraction of sp³-hybridized carbons (Fsp3) is 1.00. The molecule has 0 aliphatic carbocycles. The maximum atomic E-state index is 10.3. The van der Waals surface area contributed by atoms with Crippen molar-refractivity contribution in [3.8, 4) is 0 Å². The number of rotatable bonds is 4. The minimum atomic E-state index is -0.309. The highest BCUT2D eigenvalue weighted by atomic mass is 16.3. The molecule has 1 rings (SSSR count). The first-order valence-electron chi connectivity index (χ1n) is 7.65. The van der Waals surface area contributed by atoms with Gasteiger partial charge < -0.3 is 10.4 Å². The van der Waals surface area contributed by atoms with Gasteiger partial charge in [0.05, 0.1) is 6.10 Å². The highest BCUT2D eigenvalue weighted by Gasteiger charge is 2.41. The van der Waals surface area contributed by atoms with Crippen LogP contribution in [0.2, 0.25) is 0 Å². The Hall–Kier alpha value is -0.120. The quantitative estimate of drug-likeness (QED) is 0.824. The average molecular weight is 270 g/mol. The molecule has 0 aromatic carbocycles.